The predicted molar refractivity (Wildman–Crippen MR) is 72.2 cm³/mol. The van der Waals surface area contributed by atoms with E-state index >= 15 is 0 Å². The average molecular weight is 276 g/mol. The van der Waals surface area contributed by atoms with Crippen LogP contribution in [0.15, 0.2) is 36.1 Å². The lowest BCUT2D eigenvalue weighted by atomic mass is 10.0. The molecular formula is C14H16N2O4. The first-order chi connectivity index (χ1) is 9.45. The minimum atomic E-state index is -1.25. The fourth-order valence-electron chi connectivity index (χ4n) is 1.97. The number of hydrogen-bond donors (Lipinski definition) is 2. The van der Waals surface area contributed by atoms with Crippen molar-refractivity contribution in [1.82, 2.24) is 5.32 Å². The molecule has 1 aliphatic heterocycles. The van der Waals surface area contributed by atoms with Crippen LogP contribution in [0, 0.1) is 0 Å². The smallest absolute Gasteiger partial charge is 0.434 e. The molecule has 1 aromatic carbocycles. The Morgan fingerprint density at radius 2 is 2.00 bits per heavy atom. The van der Waals surface area contributed by atoms with E-state index in [1.807, 2.05) is 6.07 Å². The maximum atomic E-state index is 12.1. The van der Waals surface area contributed by atoms with Crippen molar-refractivity contribution >= 4 is 17.6 Å². The Morgan fingerprint density at radius 3 is 2.60 bits per heavy atom. The number of nitrogens with one attached hydrogen (secondary N) is 1. The topological polar surface area (TPSA) is 90.6 Å². The van der Waals surface area contributed by atoms with Gasteiger partial charge in [0, 0.05) is 0 Å². The molecule has 1 amide bonds. The lowest BCUT2D eigenvalue weighted by molar-refractivity contribution is -0.116. The SMILES string of the molecule is CCOC(=O)OC1=C(c2ccccc2)C(=O)NC1(C)N. The van der Waals surface area contributed by atoms with E-state index in [1.165, 1.54) is 0 Å². The van der Waals surface area contributed by atoms with Crippen LogP contribution in [0.3, 0.4) is 0 Å². The molecule has 6 heteroatoms. The lowest BCUT2D eigenvalue weighted by Gasteiger charge is -2.21. The first kappa shape index (κ1) is 14.1. The van der Waals surface area contributed by atoms with Crippen LogP contribution >= 0.6 is 0 Å². The third-order valence-corrected chi connectivity index (χ3v) is 2.81. The van der Waals surface area contributed by atoms with Gasteiger partial charge in [-0.1, -0.05) is 30.3 Å². The number of ether oxygens (including phenoxy) is 2. The van der Waals surface area contributed by atoms with Crippen LogP contribution in [0.4, 0.5) is 4.79 Å². The van der Waals surface area contributed by atoms with E-state index < -0.39 is 11.8 Å². The third-order valence-electron chi connectivity index (χ3n) is 2.81. The Balaban J connectivity index is 2.44. The molecule has 0 aliphatic carbocycles. The molecule has 1 aromatic rings. The Hall–Kier alpha value is -2.34. The first-order valence-corrected chi connectivity index (χ1v) is 6.22. The zero-order valence-corrected chi connectivity index (χ0v) is 11.3. The van der Waals surface area contributed by atoms with Gasteiger partial charge in [-0.3, -0.25) is 4.79 Å². The summed E-state index contributed by atoms with van der Waals surface area (Å²) in [4.78, 5) is 23.6. The van der Waals surface area contributed by atoms with Gasteiger partial charge < -0.3 is 20.5 Å². The van der Waals surface area contributed by atoms with Gasteiger partial charge >= 0.3 is 6.16 Å². The van der Waals surface area contributed by atoms with Gasteiger partial charge in [0.25, 0.3) is 5.91 Å². The van der Waals surface area contributed by atoms with Crippen molar-refractivity contribution < 1.29 is 19.1 Å². The summed E-state index contributed by atoms with van der Waals surface area (Å²) in [7, 11) is 0. The van der Waals surface area contributed by atoms with Crippen molar-refractivity contribution in [2.24, 2.45) is 5.73 Å². The molecular weight excluding hydrogens is 260 g/mol. The Bertz CT molecular complexity index is 564. The van der Waals surface area contributed by atoms with Gasteiger partial charge in [-0.2, -0.15) is 0 Å². The number of rotatable bonds is 3. The van der Waals surface area contributed by atoms with Gasteiger partial charge in [-0.05, 0) is 19.4 Å². The summed E-state index contributed by atoms with van der Waals surface area (Å²) < 4.78 is 9.84. The van der Waals surface area contributed by atoms with E-state index in [1.54, 1.807) is 38.1 Å². The number of amides is 1. The quantitative estimate of drug-likeness (QED) is 0.814. The molecule has 0 bridgehead atoms. The number of benzene rings is 1. The molecule has 1 aliphatic rings. The van der Waals surface area contributed by atoms with Crippen LogP contribution in [0.1, 0.15) is 19.4 Å². The van der Waals surface area contributed by atoms with Gasteiger partial charge in [0.1, 0.15) is 5.66 Å². The highest BCUT2D eigenvalue weighted by atomic mass is 16.7. The van der Waals surface area contributed by atoms with Gasteiger partial charge in [0.15, 0.2) is 5.76 Å². The zero-order valence-electron chi connectivity index (χ0n) is 11.3. The summed E-state index contributed by atoms with van der Waals surface area (Å²) in [6, 6.07) is 8.87. The first-order valence-electron chi connectivity index (χ1n) is 6.22. The van der Waals surface area contributed by atoms with Gasteiger partial charge in [0.2, 0.25) is 0 Å². The second-order valence-corrected chi connectivity index (χ2v) is 4.51. The highest BCUT2D eigenvalue weighted by Crippen LogP contribution is 2.31. The van der Waals surface area contributed by atoms with E-state index in [9.17, 15) is 9.59 Å². The van der Waals surface area contributed by atoms with Crippen molar-refractivity contribution in [3.8, 4) is 0 Å². The molecule has 1 heterocycles. The molecule has 6 nitrogen and oxygen atoms in total. The van der Waals surface area contributed by atoms with Crippen LogP contribution in [0.2, 0.25) is 0 Å². The van der Waals surface area contributed by atoms with Gasteiger partial charge in [-0.25, -0.2) is 4.79 Å². The minimum absolute atomic E-state index is 0.0622. The average Bonchev–Trinajstić information content (AvgIpc) is 2.60. The summed E-state index contributed by atoms with van der Waals surface area (Å²) in [5.41, 5.74) is 5.57. The summed E-state index contributed by atoms with van der Waals surface area (Å²) in [5.74, 6) is -0.326. The van der Waals surface area contributed by atoms with E-state index in [4.69, 9.17) is 15.2 Å². The van der Waals surface area contributed by atoms with Crippen molar-refractivity contribution in [2.45, 2.75) is 19.5 Å². The van der Waals surface area contributed by atoms with Crippen molar-refractivity contribution in [3.05, 3.63) is 41.7 Å². The summed E-state index contributed by atoms with van der Waals surface area (Å²) in [6.07, 6.45) is -0.885. The van der Waals surface area contributed by atoms with E-state index in [2.05, 4.69) is 5.32 Å². The van der Waals surface area contributed by atoms with E-state index in [-0.39, 0.29) is 23.8 Å². The summed E-state index contributed by atoms with van der Waals surface area (Å²) >= 11 is 0. The Labute approximate surface area is 116 Å². The molecule has 0 saturated heterocycles. The van der Waals surface area contributed by atoms with Crippen molar-refractivity contribution in [2.75, 3.05) is 6.61 Å². The molecule has 1 unspecified atom stereocenters. The normalized spacial score (nSPS) is 21.6. The molecule has 20 heavy (non-hydrogen) atoms. The van der Waals surface area contributed by atoms with Crippen LogP contribution < -0.4 is 11.1 Å². The second-order valence-electron chi connectivity index (χ2n) is 4.51. The molecule has 1 atom stereocenters. The predicted octanol–water partition coefficient (Wildman–Crippen LogP) is 1.38. The summed E-state index contributed by atoms with van der Waals surface area (Å²) in [5, 5.41) is 2.57. The highest BCUT2D eigenvalue weighted by Gasteiger charge is 2.42. The van der Waals surface area contributed by atoms with Gasteiger partial charge in [0.05, 0.1) is 12.2 Å². The largest absolute Gasteiger partial charge is 0.513 e. The number of nitrogens with two attached hydrogens (primary N) is 1. The van der Waals surface area contributed by atoms with Crippen molar-refractivity contribution in [1.29, 1.82) is 0 Å². The van der Waals surface area contributed by atoms with Gasteiger partial charge in [-0.15, -0.1) is 0 Å². The maximum Gasteiger partial charge on any atom is 0.513 e. The fourth-order valence-corrected chi connectivity index (χ4v) is 1.97. The van der Waals surface area contributed by atoms with Crippen LogP contribution in [0.25, 0.3) is 5.57 Å². The molecule has 0 fully saturated rings. The second kappa shape index (κ2) is 5.34. The number of carbonyl (C=O) groups is 2. The monoisotopic (exact) mass is 276 g/mol. The standard InChI is InChI=1S/C14H16N2O4/c1-3-19-13(18)20-11-10(9-7-5-4-6-8-9)12(17)16-14(11,2)15/h4-8H,3,15H2,1-2H3,(H,16,17). The highest BCUT2D eigenvalue weighted by molar-refractivity contribution is 6.23. The van der Waals surface area contributed by atoms with E-state index in [0.29, 0.717) is 5.56 Å². The summed E-state index contributed by atoms with van der Waals surface area (Å²) in [6.45, 7) is 3.39. The number of carbonyl (C=O) groups excluding carboxylic acids is 2. The van der Waals surface area contributed by atoms with Crippen LogP contribution in [-0.2, 0) is 14.3 Å². The fraction of sp³-hybridized carbons (Fsp3) is 0.286. The maximum absolute atomic E-state index is 12.1. The Morgan fingerprint density at radius 1 is 1.35 bits per heavy atom. The molecule has 2 rings (SSSR count). The number of hydrogen-bond acceptors (Lipinski definition) is 5. The van der Waals surface area contributed by atoms with Crippen LogP contribution in [0.5, 0.6) is 0 Å². The van der Waals surface area contributed by atoms with E-state index in [0.717, 1.165) is 0 Å². The molecule has 0 saturated carbocycles. The van der Waals surface area contributed by atoms with Crippen LogP contribution in [-0.4, -0.2) is 24.3 Å². The third kappa shape index (κ3) is 2.65. The molecule has 106 valence electrons. The lowest BCUT2D eigenvalue weighted by Crippen LogP contribution is -2.50. The Kier molecular flexibility index (Phi) is 3.76. The minimum Gasteiger partial charge on any atom is -0.434 e. The molecule has 0 spiro atoms. The van der Waals surface area contributed by atoms with Crippen molar-refractivity contribution in [3.63, 3.8) is 0 Å². The zero-order chi connectivity index (χ0) is 14.8. The molecule has 3 N–H and O–H groups in total. The molecule has 0 radical (unpaired) electrons. The molecule has 0 aromatic heterocycles.